The maximum absolute atomic E-state index is 12.0. The third kappa shape index (κ3) is 2.19. The fourth-order valence-electron chi connectivity index (χ4n) is 2.59. The van der Waals surface area contributed by atoms with Crippen LogP contribution in [-0.4, -0.2) is 17.6 Å². The van der Waals surface area contributed by atoms with Gasteiger partial charge < -0.3 is 10.4 Å². The number of carbonyl (C=O) groups excluding carboxylic acids is 1. The van der Waals surface area contributed by atoms with Crippen molar-refractivity contribution in [3.63, 3.8) is 0 Å². The Morgan fingerprint density at radius 3 is 2.72 bits per heavy atom. The summed E-state index contributed by atoms with van der Waals surface area (Å²) in [6, 6.07) is 4.54. The van der Waals surface area contributed by atoms with Gasteiger partial charge in [-0.05, 0) is 55.2 Å². The summed E-state index contributed by atoms with van der Waals surface area (Å²) in [5, 5.41) is 12.5. The lowest BCUT2D eigenvalue weighted by Gasteiger charge is -2.15. The number of phenolic OH excluding ortho intramolecular Hbond substituents is 1. The van der Waals surface area contributed by atoms with Crippen LogP contribution in [0.3, 0.4) is 0 Å². The van der Waals surface area contributed by atoms with Crippen molar-refractivity contribution in [1.29, 1.82) is 0 Å². The van der Waals surface area contributed by atoms with Crippen LogP contribution < -0.4 is 5.32 Å². The summed E-state index contributed by atoms with van der Waals surface area (Å²) in [6.07, 6.45) is 5.13. The van der Waals surface area contributed by atoms with Crippen molar-refractivity contribution < 1.29 is 9.90 Å². The van der Waals surface area contributed by atoms with Crippen LogP contribution >= 0.6 is 11.6 Å². The van der Waals surface area contributed by atoms with E-state index in [0.29, 0.717) is 11.0 Å². The van der Waals surface area contributed by atoms with Crippen molar-refractivity contribution in [2.24, 2.45) is 11.3 Å². The molecule has 2 aliphatic carbocycles. The summed E-state index contributed by atoms with van der Waals surface area (Å²) in [5.74, 6) is 0.731. The monoisotopic (exact) mass is 265 g/mol. The number of rotatable bonds is 4. The number of hydrogen-bond donors (Lipinski definition) is 2. The molecule has 96 valence electrons. The van der Waals surface area contributed by atoms with Crippen molar-refractivity contribution >= 4 is 17.5 Å². The van der Waals surface area contributed by atoms with Gasteiger partial charge in [0.2, 0.25) is 0 Å². The third-order valence-electron chi connectivity index (χ3n) is 4.15. The molecular weight excluding hydrogens is 250 g/mol. The Morgan fingerprint density at radius 2 is 2.17 bits per heavy atom. The van der Waals surface area contributed by atoms with Gasteiger partial charge >= 0.3 is 0 Å². The SMILES string of the molecule is O=C(NCC1(C2CC2)CC1)c1ccc(O)c(Cl)c1. The summed E-state index contributed by atoms with van der Waals surface area (Å²) in [5.41, 5.74) is 0.903. The van der Waals surface area contributed by atoms with Crippen molar-refractivity contribution in [3.8, 4) is 5.75 Å². The predicted molar refractivity (Wildman–Crippen MR) is 69.8 cm³/mol. The molecule has 0 heterocycles. The Kier molecular flexibility index (Phi) is 2.74. The molecule has 1 aromatic carbocycles. The van der Waals surface area contributed by atoms with Crippen LogP contribution in [0.5, 0.6) is 5.75 Å². The zero-order chi connectivity index (χ0) is 12.8. The Bertz CT molecular complexity index is 493. The van der Waals surface area contributed by atoms with Crippen LogP contribution in [0.1, 0.15) is 36.0 Å². The number of amides is 1. The van der Waals surface area contributed by atoms with Gasteiger partial charge in [-0.3, -0.25) is 4.79 Å². The number of carbonyl (C=O) groups is 1. The van der Waals surface area contributed by atoms with Gasteiger partial charge in [0.25, 0.3) is 5.91 Å². The van der Waals surface area contributed by atoms with Gasteiger partial charge in [-0.25, -0.2) is 0 Å². The van der Waals surface area contributed by atoms with Crippen LogP contribution in [-0.2, 0) is 0 Å². The normalized spacial score (nSPS) is 20.5. The molecule has 0 saturated heterocycles. The molecule has 1 amide bonds. The number of nitrogens with one attached hydrogen (secondary N) is 1. The first-order valence-corrected chi connectivity index (χ1v) is 6.75. The molecule has 2 fully saturated rings. The standard InChI is InChI=1S/C14H16ClNO2/c15-11-7-9(1-4-12(11)17)13(18)16-8-14(5-6-14)10-2-3-10/h1,4,7,10,17H,2-3,5-6,8H2,(H,16,18). The lowest BCUT2D eigenvalue weighted by atomic mass is 10.0. The molecule has 0 unspecified atom stereocenters. The van der Waals surface area contributed by atoms with Crippen LogP contribution in [0.4, 0.5) is 0 Å². The second kappa shape index (κ2) is 4.16. The van der Waals surface area contributed by atoms with Gasteiger partial charge in [-0.2, -0.15) is 0 Å². The zero-order valence-electron chi connectivity index (χ0n) is 10.1. The fourth-order valence-corrected chi connectivity index (χ4v) is 2.77. The van der Waals surface area contributed by atoms with E-state index < -0.39 is 0 Å². The van der Waals surface area contributed by atoms with Crippen molar-refractivity contribution in [2.45, 2.75) is 25.7 Å². The topological polar surface area (TPSA) is 49.3 Å². The van der Waals surface area contributed by atoms with Gasteiger partial charge in [-0.1, -0.05) is 11.6 Å². The number of hydrogen-bond acceptors (Lipinski definition) is 2. The van der Waals surface area contributed by atoms with Crippen LogP contribution in [0.2, 0.25) is 5.02 Å². The maximum Gasteiger partial charge on any atom is 0.251 e. The molecule has 0 aliphatic heterocycles. The molecule has 3 rings (SSSR count). The fraction of sp³-hybridized carbons (Fsp3) is 0.500. The third-order valence-corrected chi connectivity index (χ3v) is 4.45. The summed E-state index contributed by atoms with van der Waals surface area (Å²) in [6.45, 7) is 0.773. The van der Waals surface area contributed by atoms with E-state index >= 15 is 0 Å². The van der Waals surface area contributed by atoms with E-state index in [1.165, 1.54) is 37.8 Å². The molecule has 0 aromatic heterocycles. The highest BCUT2D eigenvalue weighted by atomic mass is 35.5. The van der Waals surface area contributed by atoms with E-state index in [1.54, 1.807) is 6.07 Å². The molecule has 2 saturated carbocycles. The highest BCUT2D eigenvalue weighted by Gasteiger charge is 2.53. The highest BCUT2D eigenvalue weighted by molar-refractivity contribution is 6.32. The van der Waals surface area contributed by atoms with Crippen molar-refractivity contribution in [1.82, 2.24) is 5.32 Å². The summed E-state index contributed by atoms with van der Waals surface area (Å²) < 4.78 is 0. The van der Waals surface area contributed by atoms with Crippen LogP contribution in [0.25, 0.3) is 0 Å². The molecule has 3 nitrogen and oxygen atoms in total. The van der Waals surface area contributed by atoms with E-state index in [2.05, 4.69) is 5.32 Å². The second-order valence-electron chi connectivity index (χ2n) is 5.49. The zero-order valence-corrected chi connectivity index (χ0v) is 10.8. The first-order chi connectivity index (χ1) is 8.61. The predicted octanol–water partition coefficient (Wildman–Crippen LogP) is 2.97. The number of benzene rings is 1. The average molecular weight is 266 g/mol. The van der Waals surface area contributed by atoms with Gasteiger partial charge in [0.15, 0.2) is 0 Å². The Morgan fingerprint density at radius 1 is 1.44 bits per heavy atom. The van der Waals surface area contributed by atoms with E-state index in [0.717, 1.165) is 12.5 Å². The lowest BCUT2D eigenvalue weighted by Crippen LogP contribution is -2.31. The van der Waals surface area contributed by atoms with Crippen molar-refractivity contribution in [2.75, 3.05) is 6.54 Å². The summed E-state index contributed by atoms with van der Waals surface area (Å²) >= 11 is 5.79. The van der Waals surface area contributed by atoms with E-state index in [4.69, 9.17) is 11.6 Å². The minimum absolute atomic E-state index is 0.00450. The largest absolute Gasteiger partial charge is 0.506 e. The first kappa shape index (κ1) is 11.8. The average Bonchev–Trinajstić information content (AvgIpc) is 3.22. The van der Waals surface area contributed by atoms with Gasteiger partial charge in [0, 0.05) is 12.1 Å². The van der Waals surface area contributed by atoms with Crippen LogP contribution in [0.15, 0.2) is 18.2 Å². The molecule has 2 aliphatic rings. The molecule has 18 heavy (non-hydrogen) atoms. The minimum atomic E-state index is -0.108. The Hall–Kier alpha value is -1.22. The summed E-state index contributed by atoms with van der Waals surface area (Å²) in [7, 11) is 0. The quantitative estimate of drug-likeness (QED) is 0.879. The van der Waals surface area contributed by atoms with Crippen molar-refractivity contribution in [3.05, 3.63) is 28.8 Å². The molecule has 0 spiro atoms. The second-order valence-corrected chi connectivity index (χ2v) is 5.89. The maximum atomic E-state index is 12.0. The summed E-state index contributed by atoms with van der Waals surface area (Å²) in [4.78, 5) is 12.0. The van der Waals surface area contributed by atoms with Gasteiger partial charge in [-0.15, -0.1) is 0 Å². The van der Waals surface area contributed by atoms with Gasteiger partial charge in [0.05, 0.1) is 5.02 Å². The molecule has 0 bridgehead atoms. The molecule has 0 radical (unpaired) electrons. The van der Waals surface area contributed by atoms with E-state index in [1.807, 2.05) is 0 Å². The minimum Gasteiger partial charge on any atom is -0.506 e. The number of halogens is 1. The lowest BCUT2D eigenvalue weighted by molar-refractivity contribution is 0.0942. The smallest absolute Gasteiger partial charge is 0.251 e. The number of phenols is 1. The number of aromatic hydroxyl groups is 1. The van der Waals surface area contributed by atoms with Gasteiger partial charge in [0.1, 0.15) is 5.75 Å². The van der Waals surface area contributed by atoms with E-state index in [9.17, 15) is 9.90 Å². The molecule has 4 heteroatoms. The molecule has 0 atom stereocenters. The molecule has 2 N–H and O–H groups in total. The van der Waals surface area contributed by atoms with E-state index in [-0.39, 0.29) is 16.7 Å². The molecular formula is C14H16ClNO2. The van der Waals surface area contributed by atoms with Crippen LogP contribution in [0, 0.1) is 11.3 Å². The first-order valence-electron chi connectivity index (χ1n) is 6.37. The Labute approximate surface area is 111 Å². The Balaban J connectivity index is 1.62. The molecule has 1 aromatic rings. The highest BCUT2D eigenvalue weighted by Crippen LogP contribution is 2.60.